The van der Waals surface area contributed by atoms with Crippen LogP contribution in [0.3, 0.4) is 0 Å². The summed E-state index contributed by atoms with van der Waals surface area (Å²) in [5.41, 5.74) is 2.02. The fourth-order valence-corrected chi connectivity index (χ4v) is 3.92. The third-order valence-electron chi connectivity index (χ3n) is 5.58. The summed E-state index contributed by atoms with van der Waals surface area (Å²) in [7, 11) is 5.00. The molecule has 1 aromatic carbocycles. The number of benzene rings is 1. The normalized spacial score (nSPS) is 16.7. The molecule has 1 atom stereocenters. The van der Waals surface area contributed by atoms with E-state index >= 15 is 0 Å². The largest absolute Gasteiger partial charge is 0.493 e. The predicted octanol–water partition coefficient (Wildman–Crippen LogP) is 1.78. The Labute approximate surface area is 183 Å². The van der Waals surface area contributed by atoms with Crippen molar-refractivity contribution in [1.82, 2.24) is 34.7 Å². The number of carbonyl (C=O) groups excluding carboxylic acids is 1. The lowest BCUT2D eigenvalue weighted by atomic mass is 10.1. The van der Waals surface area contributed by atoms with E-state index in [9.17, 15) is 4.79 Å². The van der Waals surface area contributed by atoms with Gasteiger partial charge in [-0.3, -0.25) is 9.48 Å². The van der Waals surface area contributed by atoms with Gasteiger partial charge in [0.05, 0.1) is 31.5 Å². The van der Waals surface area contributed by atoms with Gasteiger partial charge in [-0.25, -0.2) is 9.97 Å². The molecule has 0 bridgehead atoms. The molecule has 0 unspecified atom stereocenters. The van der Waals surface area contributed by atoms with E-state index in [1.165, 1.54) is 0 Å². The number of ether oxygens (including phenoxy) is 2. The zero-order valence-corrected chi connectivity index (χ0v) is 18.1. The number of carbonyl (C=O) groups is 1. The minimum Gasteiger partial charge on any atom is -0.493 e. The molecule has 0 radical (unpaired) electrons. The highest BCUT2D eigenvalue weighted by Gasteiger charge is 2.24. The Bertz CT molecular complexity index is 1310. The van der Waals surface area contributed by atoms with Gasteiger partial charge in [0.25, 0.3) is 0 Å². The molecule has 4 heterocycles. The summed E-state index contributed by atoms with van der Waals surface area (Å²) >= 11 is 0. The number of aryl methyl sites for hydroxylation is 1. The van der Waals surface area contributed by atoms with Gasteiger partial charge in [0.1, 0.15) is 6.04 Å². The van der Waals surface area contributed by atoms with E-state index in [0.717, 1.165) is 23.8 Å². The van der Waals surface area contributed by atoms with Gasteiger partial charge in [-0.1, -0.05) is 0 Å². The van der Waals surface area contributed by atoms with Gasteiger partial charge in [-0.05, 0) is 25.3 Å². The molecule has 11 nitrogen and oxygen atoms in total. The van der Waals surface area contributed by atoms with Crippen molar-refractivity contribution in [3.8, 4) is 22.9 Å². The number of fused-ring (bicyclic) bond motifs is 3. The van der Waals surface area contributed by atoms with Gasteiger partial charge in [0, 0.05) is 31.2 Å². The molecule has 4 aromatic rings. The van der Waals surface area contributed by atoms with Crippen LogP contribution in [-0.4, -0.2) is 62.1 Å². The highest BCUT2D eigenvalue weighted by atomic mass is 16.5. The molecular formula is C21H24N8O3. The van der Waals surface area contributed by atoms with Crippen LogP contribution < -0.4 is 20.1 Å². The molecule has 0 spiro atoms. The van der Waals surface area contributed by atoms with Crippen LogP contribution >= 0.6 is 0 Å². The Morgan fingerprint density at radius 1 is 1.16 bits per heavy atom. The lowest BCUT2D eigenvalue weighted by Crippen LogP contribution is -2.38. The fraction of sp³-hybridized carbons (Fsp3) is 0.381. The minimum absolute atomic E-state index is 0.0440. The molecule has 1 aliphatic rings. The van der Waals surface area contributed by atoms with E-state index in [1.54, 1.807) is 35.7 Å². The number of amides is 1. The molecule has 2 N–H and O–H groups in total. The summed E-state index contributed by atoms with van der Waals surface area (Å²) in [6, 6.07) is 3.22. The molecule has 1 fully saturated rings. The number of nitrogens with one attached hydrogen (secondary N) is 2. The van der Waals surface area contributed by atoms with Gasteiger partial charge in [0.2, 0.25) is 11.9 Å². The van der Waals surface area contributed by atoms with E-state index in [2.05, 4.69) is 20.8 Å². The molecule has 3 aromatic heterocycles. The van der Waals surface area contributed by atoms with Crippen molar-refractivity contribution in [3.63, 3.8) is 0 Å². The summed E-state index contributed by atoms with van der Waals surface area (Å²) in [5.74, 6) is 2.03. The summed E-state index contributed by atoms with van der Waals surface area (Å²) in [6.07, 6.45) is 6.16. The van der Waals surface area contributed by atoms with Gasteiger partial charge >= 0.3 is 0 Å². The van der Waals surface area contributed by atoms with Crippen LogP contribution in [0.25, 0.3) is 27.9 Å². The van der Waals surface area contributed by atoms with Crippen LogP contribution in [0, 0.1) is 0 Å². The zero-order chi connectivity index (χ0) is 22.2. The van der Waals surface area contributed by atoms with Crippen LogP contribution in [0.15, 0.2) is 24.5 Å². The highest BCUT2D eigenvalue weighted by molar-refractivity contribution is 5.95. The molecular weight excluding hydrogens is 412 g/mol. The molecule has 5 rings (SSSR count). The first-order valence-electron chi connectivity index (χ1n) is 10.4. The first-order valence-corrected chi connectivity index (χ1v) is 10.4. The average molecular weight is 436 g/mol. The van der Waals surface area contributed by atoms with Gasteiger partial charge in [-0.15, -0.1) is 5.10 Å². The van der Waals surface area contributed by atoms with E-state index in [0.29, 0.717) is 47.4 Å². The number of nitrogens with zero attached hydrogens (tertiary/aromatic N) is 6. The molecule has 166 valence electrons. The van der Waals surface area contributed by atoms with Crippen LogP contribution in [0.5, 0.6) is 11.5 Å². The second kappa shape index (κ2) is 7.98. The van der Waals surface area contributed by atoms with Crippen molar-refractivity contribution in [2.75, 3.05) is 26.1 Å². The van der Waals surface area contributed by atoms with Crippen LogP contribution in [0.1, 0.15) is 19.3 Å². The number of aromatic nitrogens is 6. The number of methoxy groups -OCH3 is 2. The smallest absolute Gasteiger partial charge is 0.242 e. The monoisotopic (exact) mass is 436 g/mol. The van der Waals surface area contributed by atoms with Crippen molar-refractivity contribution in [2.24, 2.45) is 7.05 Å². The van der Waals surface area contributed by atoms with Crippen molar-refractivity contribution in [3.05, 3.63) is 24.5 Å². The Kier molecular flexibility index (Phi) is 5.00. The van der Waals surface area contributed by atoms with E-state index < -0.39 is 6.04 Å². The average Bonchev–Trinajstić information content (AvgIpc) is 3.38. The zero-order valence-electron chi connectivity index (χ0n) is 18.1. The van der Waals surface area contributed by atoms with E-state index in [1.807, 2.05) is 19.3 Å². The molecule has 1 aliphatic heterocycles. The summed E-state index contributed by atoms with van der Waals surface area (Å²) in [6.45, 7) is 0.684. The number of hydrogen-bond donors (Lipinski definition) is 2. The maximum Gasteiger partial charge on any atom is 0.242 e. The summed E-state index contributed by atoms with van der Waals surface area (Å²) in [5, 5.41) is 15.9. The van der Waals surface area contributed by atoms with E-state index in [4.69, 9.17) is 19.4 Å². The second-order valence-electron chi connectivity index (χ2n) is 7.72. The maximum absolute atomic E-state index is 12.5. The molecule has 1 amide bonds. The van der Waals surface area contributed by atoms with Crippen molar-refractivity contribution in [1.29, 1.82) is 0 Å². The van der Waals surface area contributed by atoms with Crippen LogP contribution in [0.4, 0.5) is 5.95 Å². The Morgan fingerprint density at radius 2 is 1.97 bits per heavy atom. The quantitative estimate of drug-likeness (QED) is 0.486. The van der Waals surface area contributed by atoms with Crippen LogP contribution in [0.2, 0.25) is 0 Å². The van der Waals surface area contributed by atoms with Crippen molar-refractivity contribution >= 4 is 28.4 Å². The lowest BCUT2D eigenvalue weighted by molar-refractivity contribution is -0.121. The van der Waals surface area contributed by atoms with Crippen molar-refractivity contribution < 1.29 is 14.3 Å². The number of rotatable bonds is 5. The van der Waals surface area contributed by atoms with Gasteiger partial charge < -0.3 is 20.1 Å². The van der Waals surface area contributed by atoms with Crippen molar-refractivity contribution in [2.45, 2.75) is 25.3 Å². The Morgan fingerprint density at radius 3 is 2.72 bits per heavy atom. The highest BCUT2D eigenvalue weighted by Crippen LogP contribution is 2.34. The van der Waals surface area contributed by atoms with Gasteiger partial charge in [0.15, 0.2) is 23.0 Å². The third kappa shape index (κ3) is 3.45. The fourth-order valence-electron chi connectivity index (χ4n) is 3.92. The maximum atomic E-state index is 12.5. The topological polar surface area (TPSA) is 120 Å². The first-order chi connectivity index (χ1) is 15.6. The molecule has 0 aliphatic carbocycles. The van der Waals surface area contributed by atoms with Crippen LogP contribution in [-0.2, 0) is 11.8 Å². The molecule has 0 saturated carbocycles. The van der Waals surface area contributed by atoms with Gasteiger partial charge in [-0.2, -0.15) is 9.61 Å². The third-order valence-corrected chi connectivity index (χ3v) is 5.58. The first kappa shape index (κ1) is 20.0. The van der Waals surface area contributed by atoms with E-state index in [-0.39, 0.29) is 5.91 Å². The molecule has 11 heteroatoms. The number of anilines is 1. The Hall–Kier alpha value is -3.89. The number of hydrogen-bond acceptors (Lipinski definition) is 8. The summed E-state index contributed by atoms with van der Waals surface area (Å²) in [4.78, 5) is 22.1. The SMILES string of the molecule is COc1cc2nc(N[C@@H]3CCCCNC3=O)n3nc(-c4cnn(C)c4)nc3c2cc1OC. The summed E-state index contributed by atoms with van der Waals surface area (Å²) < 4.78 is 14.3. The minimum atomic E-state index is -0.406. The predicted molar refractivity (Wildman–Crippen MR) is 118 cm³/mol. The molecule has 32 heavy (non-hydrogen) atoms. The lowest BCUT2D eigenvalue weighted by Gasteiger charge is -2.17. The Balaban J connectivity index is 1.71. The standard InChI is InChI=1S/C21H24N8O3/c1-28-11-12(10-23-28)18-26-19-13-8-16(31-2)17(32-3)9-15(13)25-21(29(19)27-18)24-14-6-4-5-7-22-20(14)30/h8-11,14H,4-7H2,1-3H3,(H,22,30)(H,24,25)/t14-/m1/s1. The second-order valence-corrected chi connectivity index (χ2v) is 7.72. The molecule has 1 saturated heterocycles.